The van der Waals surface area contributed by atoms with Crippen LogP contribution in [0.3, 0.4) is 0 Å². The topological polar surface area (TPSA) is 68.8 Å². The summed E-state index contributed by atoms with van der Waals surface area (Å²) in [6.07, 6.45) is 0.911. The molecule has 2 aromatic heterocycles. The highest BCUT2D eigenvalue weighted by atomic mass is 16.3. The zero-order valence-corrected chi connectivity index (χ0v) is 12.1. The molecule has 3 rings (SSSR count). The Hall–Kier alpha value is -2.63. The molecule has 0 aliphatic rings. The van der Waals surface area contributed by atoms with E-state index in [1.54, 1.807) is 4.68 Å². The summed E-state index contributed by atoms with van der Waals surface area (Å²) in [7, 11) is 1.82. The SMILES string of the molecule is CCc1ccc(CNc2cccc(-c3nnnn3C)c2)o1. The minimum absolute atomic E-state index is 0.653. The highest BCUT2D eigenvalue weighted by Crippen LogP contribution is 2.20. The van der Waals surface area contributed by atoms with Gasteiger partial charge < -0.3 is 9.73 Å². The predicted molar refractivity (Wildman–Crippen MR) is 79.6 cm³/mol. The van der Waals surface area contributed by atoms with Crippen molar-refractivity contribution in [2.45, 2.75) is 19.9 Å². The number of hydrogen-bond donors (Lipinski definition) is 1. The Morgan fingerprint density at radius 2 is 2.05 bits per heavy atom. The Labute approximate surface area is 122 Å². The molecular formula is C15H17N5O. The van der Waals surface area contributed by atoms with Gasteiger partial charge in [0.25, 0.3) is 0 Å². The lowest BCUT2D eigenvalue weighted by molar-refractivity contribution is 0.476. The Morgan fingerprint density at radius 3 is 2.76 bits per heavy atom. The fraction of sp³-hybridized carbons (Fsp3) is 0.267. The molecule has 108 valence electrons. The van der Waals surface area contributed by atoms with E-state index < -0.39 is 0 Å². The Balaban J connectivity index is 1.73. The first-order chi connectivity index (χ1) is 10.3. The van der Waals surface area contributed by atoms with E-state index in [1.165, 1.54) is 0 Å². The summed E-state index contributed by atoms with van der Waals surface area (Å²) in [6.45, 7) is 2.73. The van der Waals surface area contributed by atoms with E-state index in [0.717, 1.165) is 35.0 Å². The minimum atomic E-state index is 0.653. The van der Waals surface area contributed by atoms with Crippen molar-refractivity contribution in [2.24, 2.45) is 7.05 Å². The summed E-state index contributed by atoms with van der Waals surface area (Å²) in [4.78, 5) is 0. The number of aryl methyl sites for hydroxylation is 2. The fourth-order valence-corrected chi connectivity index (χ4v) is 2.14. The van der Waals surface area contributed by atoms with Crippen LogP contribution in [-0.2, 0) is 20.0 Å². The molecule has 1 aromatic carbocycles. The molecule has 0 amide bonds. The van der Waals surface area contributed by atoms with Crippen molar-refractivity contribution in [1.82, 2.24) is 20.2 Å². The standard InChI is InChI=1S/C15H17N5O/c1-3-13-7-8-14(21-13)10-16-12-6-4-5-11(9-12)15-17-18-19-20(15)2/h4-9,16H,3,10H2,1-2H3. The van der Waals surface area contributed by atoms with Gasteiger partial charge in [0, 0.05) is 24.7 Å². The summed E-state index contributed by atoms with van der Waals surface area (Å²) in [5.41, 5.74) is 1.98. The lowest BCUT2D eigenvalue weighted by Crippen LogP contribution is -1.99. The molecule has 0 radical (unpaired) electrons. The van der Waals surface area contributed by atoms with Gasteiger partial charge in [0.15, 0.2) is 5.82 Å². The van der Waals surface area contributed by atoms with Crippen LogP contribution in [0.25, 0.3) is 11.4 Å². The van der Waals surface area contributed by atoms with Crippen LogP contribution in [-0.4, -0.2) is 20.2 Å². The maximum atomic E-state index is 5.68. The second-order valence-electron chi connectivity index (χ2n) is 4.78. The molecule has 1 N–H and O–H groups in total. The summed E-state index contributed by atoms with van der Waals surface area (Å²) in [5, 5.41) is 14.9. The van der Waals surface area contributed by atoms with E-state index in [-0.39, 0.29) is 0 Å². The number of benzene rings is 1. The number of anilines is 1. The van der Waals surface area contributed by atoms with Crippen molar-refractivity contribution < 1.29 is 4.42 Å². The lowest BCUT2D eigenvalue weighted by Gasteiger charge is -2.06. The molecule has 0 fully saturated rings. The number of furan rings is 1. The van der Waals surface area contributed by atoms with Gasteiger partial charge in [-0.2, -0.15) is 0 Å². The number of aromatic nitrogens is 4. The maximum Gasteiger partial charge on any atom is 0.181 e. The smallest absolute Gasteiger partial charge is 0.181 e. The third-order valence-corrected chi connectivity index (χ3v) is 3.27. The molecule has 0 bridgehead atoms. The quantitative estimate of drug-likeness (QED) is 0.779. The third-order valence-electron chi connectivity index (χ3n) is 3.27. The van der Waals surface area contributed by atoms with Crippen LogP contribution >= 0.6 is 0 Å². The fourth-order valence-electron chi connectivity index (χ4n) is 2.14. The van der Waals surface area contributed by atoms with E-state index in [2.05, 4.69) is 27.8 Å². The second kappa shape index (κ2) is 5.78. The molecule has 0 unspecified atom stereocenters. The van der Waals surface area contributed by atoms with E-state index in [0.29, 0.717) is 6.54 Å². The van der Waals surface area contributed by atoms with E-state index in [1.807, 2.05) is 43.4 Å². The first kappa shape index (κ1) is 13.4. The van der Waals surface area contributed by atoms with Crippen molar-refractivity contribution >= 4 is 5.69 Å². The van der Waals surface area contributed by atoms with Gasteiger partial charge in [-0.05, 0) is 34.7 Å². The third kappa shape index (κ3) is 2.94. The number of nitrogens with zero attached hydrogens (tertiary/aromatic N) is 4. The van der Waals surface area contributed by atoms with Crippen LogP contribution < -0.4 is 5.32 Å². The maximum absolute atomic E-state index is 5.68. The highest BCUT2D eigenvalue weighted by molar-refractivity contribution is 5.62. The predicted octanol–water partition coefficient (Wildman–Crippen LogP) is 2.64. The Morgan fingerprint density at radius 1 is 1.19 bits per heavy atom. The molecular weight excluding hydrogens is 266 g/mol. The van der Waals surface area contributed by atoms with E-state index in [4.69, 9.17) is 4.42 Å². The molecule has 3 aromatic rings. The zero-order valence-electron chi connectivity index (χ0n) is 12.1. The van der Waals surface area contributed by atoms with Crippen molar-refractivity contribution in [3.8, 4) is 11.4 Å². The van der Waals surface area contributed by atoms with Gasteiger partial charge in [-0.15, -0.1) is 5.10 Å². The average molecular weight is 283 g/mol. The van der Waals surface area contributed by atoms with Gasteiger partial charge in [0.1, 0.15) is 11.5 Å². The molecule has 21 heavy (non-hydrogen) atoms. The normalized spacial score (nSPS) is 10.8. The van der Waals surface area contributed by atoms with Crippen molar-refractivity contribution in [2.75, 3.05) is 5.32 Å². The Bertz CT molecular complexity index is 731. The zero-order chi connectivity index (χ0) is 14.7. The second-order valence-corrected chi connectivity index (χ2v) is 4.78. The van der Waals surface area contributed by atoms with Crippen molar-refractivity contribution in [3.05, 3.63) is 47.9 Å². The average Bonchev–Trinajstić information content (AvgIpc) is 3.14. The van der Waals surface area contributed by atoms with Crippen LogP contribution in [0.1, 0.15) is 18.4 Å². The molecule has 0 saturated heterocycles. The Kier molecular flexibility index (Phi) is 3.68. The molecule has 0 atom stereocenters. The molecule has 0 spiro atoms. The van der Waals surface area contributed by atoms with Gasteiger partial charge in [-0.3, -0.25) is 0 Å². The molecule has 6 nitrogen and oxygen atoms in total. The van der Waals surface area contributed by atoms with Gasteiger partial charge in [-0.1, -0.05) is 19.1 Å². The van der Waals surface area contributed by atoms with Crippen LogP contribution in [0.5, 0.6) is 0 Å². The van der Waals surface area contributed by atoms with Gasteiger partial charge >= 0.3 is 0 Å². The number of tetrazole rings is 1. The van der Waals surface area contributed by atoms with Crippen LogP contribution in [0.2, 0.25) is 0 Å². The number of nitrogens with one attached hydrogen (secondary N) is 1. The summed E-state index contributed by atoms with van der Waals surface area (Å²) in [6, 6.07) is 12.0. The first-order valence-corrected chi connectivity index (χ1v) is 6.90. The van der Waals surface area contributed by atoms with Gasteiger partial charge in [0.2, 0.25) is 0 Å². The highest BCUT2D eigenvalue weighted by Gasteiger charge is 2.06. The monoisotopic (exact) mass is 283 g/mol. The summed E-state index contributed by atoms with van der Waals surface area (Å²) < 4.78 is 7.33. The molecule has 0 saturated carbocycles. The van der Waals surface area contributed by atoms with E-state index >= 15 is 0 Å². The number of rotatable bonds is 5. The van der Waals surface area contributed by atoms with E-state index in [9.17, 15) is 0 Å². The minimum Gasteiger partial charge on any atom is -0.464 e. The van der Waals surface area contributed by atoms with Crippen LogP contribution in [0, 0.1) is 0 Å². The van der Waals surface area contributed by atoms with Gasteiger partial charge in [-0.25, -0.2) is 4.68 Å². The van der Waals surface area contributed by atoms with Crippen LogP contribution in [0.4, 0.5) is 5.69 Å². The first-order valence-electron chi connectivity index (χ1n) is 6.90. The number of hydrogen-bond acceptors (Lipinski definition) is 5. The van der Waals surface area contributed by atoms with Crippen LogP contribution in [0.15, 0.2) is 40.8 Å². The molecule has 6 heteroatoms. The molecule has 0 aliphatic carbocycles. The molecule has 2 heterocycles. The van der Waals surface area contributed by atoms with Crippen molar-refractivity contribution in [1.29, 1.82) is 0 Å². The summed E-state index contributed by atoms with van der Waals surface area (Å²) in [5.74, 6) is 2.67. The lowest BCUT2D eigenvalue weighted by atomic mass is 10.2. The van der Waals surface area contributed by atoms with Gasteiger partial charge in [0.05, 0.1) is 6.54 Å². The molecule has 0 aliphatic heterocycles. The summed E-state index contributed by atoms with van der Waals surface area (Å²) >= 11 is 0. The largest absolute Gasteiger partial charge is 0.464 e. The van der Waals surface area contributed by atoms with Crippen molar-refractivity contribution in [3.63, 3.8) is 0 Å².